The fourth-order valence-corrected chi connectivity index (χ4v) is 3.13. The Morgan fingerprint density at radius 1 is 1.14 bits per heavy atom. The molecule has 0 radical (unpaired) electrons. The Morgan fingerprint density at radius 3 is 2.19 bits per heavy atom. The molecule has 1 aliphatic heterocycles. The van der Waals surface area contributed by atoms with Crippen molar-refractivity contribution < 1.29 is 19.5 Å². The molecular formula is C15H12ClNO4. The number of allylic oxidation sites excluding steroid dienone is 2. The van der Waals surface area contributed by atoms with Gasteiger partial charge in [0.25, 0.3) is 0 Å². The molecule has 1 N–H and O–H groups in total. The number of fused-ring (bicyclic) bond motifs is 1. The molecule has 3 rings (SSSR count). The second-order valence-electron chi connectivity index (χ2n) is 5.14. The fraction of sp³-hybridized carbons (Fsp3) is 0.267. The zero-order chi connectivity index (χ0) is 15.1. The number of halogens is 1. The van der Waals surface area contributed by atoms with Gasteiger partial charge in [-0.15, -0.1) is 0 Å². The lowest BCUT2D eigenvalue weighted by molar-refractivity contribution is -0.122. The van der Waals surface area contributed by atoms with Gasteiger partial charge < -0.3 is 5.11 Å². The summed E-state index contributed by atoms with van der Waals surface area (Å²) < 4.78 is 0. The third-order valence-electron chi connectivity index (χ3n) is 3.95. The Kier molecular flexibility index (Phi) is 3.29. The Balaban J connectivity index is 1.98. The number of benzene rings is 1. The summed E-state index contributed by atoms with van der Waals surface area (Å²) >= 11 is 5.91. The minimum absolute atomic E-state index is 0.00796. The molecule has 1 fully saturated rings. The zero-order valence-corrected chi connectivity index (χ0v) is 11.7. The quantitative estimate of drug-likeness (QED) is 0.673. The van der Waals surface area contributed by atoms with Crippen molar-refractivity contribution in [2.45, 2.75) is 12.8 Å². The predicted molar refractivity (Wildman–Crippen MR) is 76.3 cm³/mol. The molecule has 0 bridgehead atoms. The van der Waals surface area contributed by atoms with E-state index in [1.54, 1.807) is 0 Å². The molecule has 2 unspecified atom stereocenters. The minimum Gasteiger partial charge on any atom is -0.478 e. The van der Waals surface area contributed by atoms with Gasteiger partial charge in [0.1, 0.15) is 0 Å². The van der Waals surface area contributed by atoms with Crippen LogP contribution >= 0.6 is 11.6 Å². The molecule has 6 heteroatoms. The summed E-state index contributed by atoms with van der Waals surface area (Å²) in [6.07, 6.45) is 4.95. The lowest BCUT2D eigenvalue weighted by atomic mass is 9.85. The molecule has 5 nitrogen and oxygen atoms in total. The van der Waals surface area contributed by atoms with E-state index in [9.17, 15) is 14.4 Å². The summed E-state index contributed by atoms with van der Waals surface area (Å²) in [6.45, 7) is 0. The number of hydrogen-bond acceptors (Lipinski definition) is 3. The summed E-state index contributed by atoms with van der Waals surface area (Å²) in [4.78, 5) is 36.9. The van der Waals surface area contributed by atoms with E-state index >= 15 is 0 Å². The van der Waals surface area contributed by atoms with Crippen molar-refractivity contribution in [3.8, 4) is 0 Å². The van der Waals surface area contributed by atoms with Gasteiger partial charge in [0, 0.05) is 0 Å². The molecule has 0 spiro atoms. The summed E-state index contributed by atoms with van der Waals surface area (Å²) in [5.41, 5.74) is 0.271. The first kappa shape index (κ1) is 13.8. The molecule has 1 aromatic rings. The monoisotopic (exact) mass is 305 g/mol. The van der Waals surface area contributed by atoms with Crippen molar-refractivity contribution >= 4 is 35.1 Å². The molecular weight excluding hydrogens is 294 g/mol. The van der Waals surface area contributed by atoms with Gasteiger partial charge in [0.2, 0.25) is 11.8 Å². The van der Waals surface area contributed by atoms with Crippen LogP contribution < -0.4 is 4.90 Å². The van der Waals surface area contributed by atoms with Gasteiger partial charge in [-0.2, -0.15) is 0 Å². The highest BCUT2D eigenvalue weighted by Crippen LogP contribution is 2.38. The Bertz CT molecular complexity index is 656. The van der Waals surface area contributed by atoms with E-state index in [-0.39, 0.29) is 34.2 Å². The first-order chi connectivity index (χ1) is 10.0. The highest BCUT2D eigenvalue weighted by molar-refractivity contribution is 6.34. The molecule has 1 saturated heterocycles. The minimum atomic E-state index is -1.15. The lowest BCUT2D eigenvalue weighted by Crippen LogP contribution is -2.30. The third kappa shape index (κ3) is 2.14. The van der Waals surface area contributed by atoms with Crippen LogP contribution in [0.1, 0.15) is 23.2 Å². The normalized spacial score (nSPS) is 24.3. The lowest BCUT2D eigenvalue weighted by Gasteiger charge is -2.15. The first-order valence-electron chi connectivity index (χ1n) is 6.56. The van der Waals surface area contributed by atoms with E-state index in [2.05, 4.69) is 0 Å². The van der Waals surface area contributed by atoms with E-state index in [1.165, 1.54) is 18.2 Å². The molecule has 2 aliphatic rings. The third-order valence-corrected chi connectivity index (χ3v) is 4.26. The number of imide groups is 1. The number of amides is 2. The average Bonchev–Trinajstić information content (AvgIpc) is 2.71. The summed E-state index contributed by atoms with van der Waals surface area (Å²) in [5, 5.41) is 8.96. The number of hydrogen-bond donors (Lipinski definition) is 1. The maximum Gasteiger partial charge on any atom is 0.337 e. The number of aromatic carboxylic acids is 1. The van der Waals surface area contributed by atoms with E-state index in [1.807, 2.05) is 12.2 Å². The van der Waals surface area contributed by atoms with Crippen molar-refractivity contribution in [2.75, 3.05) is 4.90 Å². The molecule has 2 atom stereocenters. The van der Waals surface area contributed by atoms with Crippen molar-refractivity contribution in [2.24, 2.45) is 11.8 Å². The van der Waals surface area contributed by atoms with Gasteiger partial charge in [-0.05, 0) is 31.0 Å². The molecule has 108 valence electrons. The largest absolute Gasteiger partial charge is 0.478 e. The van der Waals surface area contributed by atoms with Crippen LogP contribution in [-0.4, -0.2) is 22.9 Å². The van der Waals surface area contributed by atoms with Crippen molar-refractivity contribution in [1.82, 2.24) is 0 Å². The SMILES string of the molecule is O=C(O)c1ccc(N2C(=O)C3CC=CCC3C2=O)cc1Cl. The Hall–Kier alpha value is -2.14. The summed E-state index contributed by atoms with van der Waals surface area (Å²) in [6, 6.07) is 4.10. The molecule has 21 heavy (non-hydrogen) atoms. The highest BCUT2D eigenvalue weighted by atomic mass is 35.5. The van der Waals surface area contributed by atoms with Crippen LogP contribution in [0.3, 0.4) is 0 Å². The maximum atomic E-state index is 12.4. The topological polar surface area (TPSA) is 74.7 Å². The second kappa shape index (κ2) is 5.00. The zero-order valence-electron chi connectivity index (χ0n) is 11.0. The van der Waals surface area contributed by atoms with Crippen LogP contribution in [0.4, 0.5) is 5.69 Å². The number of nitrogens with zero attached hydrogens (tertiary/aromatic N) is 1. The smallest absolute Gasteiger partial charge is 0.337 e. The van der Waals surface area contributed by atoms with E-state index < -0.39 is 5.97 Å². The summed E-state index contributed by atoms with van der Waals surface area (Å²) in [7, 11) is 0. The van der Waals surface area contributed by atoms with Crippen LogP contribution in [0.5, 0.6) is 0 Å². The van der Waals surface area contributed by atoms with Gasteiger partial charge in [-0.3, -0.25) is 9.59 Å². The first-order valence-corrected chi connectivity index (χ1v) is 6.94. The van der Waals surface area contributed by atoms with Gasteiger partial charge >= 0.3 is 5.97 Å². The molecule has 1 aromatic carbocycles. The molecule has 1 heterocycles. The molecule has 2 amide bonds. The molecule has 1 aliphatic carbocycles. The van der Waals surface area contributed by atoms with E-state index in [4.69, 9.17) is 16.7 Å². The molecule has 0 saturated carbocycles. The number of carbonyl (C=O) groups excluding carboxylic acids is 2. The number of carboxylic acids is 1. The van der Waals surface area contributed by atoms with Gasteiger partial charge in [-0.25, -0.2) is 9.69 Å². The second-order valence-corrected chi connectivity index (χ2v) is 5.54. The van der Waals surface area contributed by atoms with Gasteiger partial charge in [0.05, 0.1) is 28.1 Å². The average molecular weight is 306 g/mol. The number of carbonyl (C=O) groups is 3. The standard InChI is InChI=1S/C15H12ClNO4/c16-12-7-8(5-6-11(12)15(20)21)17-13(18)9-3-1-2-4-10(9)14(17)19/h1-2,5-7,9-10H,3-4H2,(H,20,21). The molecule has 0 aromatic heterocycles. The highest BCUT2D eigenvalue weighted by Gasteiger charge is 2.47. The van der Waals surface area contributed by atoms with Crippen LogP contribution in [-0.2, 0) is 9.59 Å². The number of anilines is 1. The van der Waals surface area contributed by atoms with Crippen molar-refractivity contribution in [3.05, 3.63) is 40.9 Å². The van der Waals surface area contributed by atoms with Gasteiger partial charge in [-0.1, -0.05) is 23.8 Å². The number of rotatable bonds is 2. The van der Waals surface area contributed by atoms with Crippen LogP contribution in [0.25, 0.3) is 0 Å². The predicted octanol–water partition coefficient (Wildman–Crippen LogP) is 2.49. The maximum absolute atomic E-state index is 12.4. The van der Waals surface area contributed by atoms with E-state index in [0.717, 1.165) is 4.90 Å². The van der Waals surface area contributed by atoms with Crippen LogP contribution in [0.2, 0.25) is 5.02 Å². The number of carboxylic acid groups (broad SMARTS) is 1. The summed E-state index contributed by atoms with van der Waals surface area (Å²) in [5.74, 6) is -2.27. The van der Waals surface area contributed by atoms with Crippen molar-refractivity contribution in [1.29, 1.82) is 0 Å². The van der Waals surface area contributed by atoms with Crippen LogP contribution in [0, 0.1) is 11.8 Å². The van der Waals surface area contributed by atoms with Crippen molar-refractivity contribution in [3.63, 3.8) is 0 Å². The Labute approximate surface area is 125 Å². The fourth-order valence-electron chi connectivity index (χ4n) is 2.87. The van der Waals surface area contributed by atoms with Crippen LogP contribution in [0.15, 0.2) is 30.4 Å². The van der Waals surface area contributed by atoms with E-state index in [0.29, 0.717) is 18.5 Å². The van der Waals surface area contributed by atoms with Gasteiger partial charge in [0.15, 0.2) is 0 Å². The Morgan fingerprint density at radius 2 is 1.71 bits per heavy atom.